The first-order valence-electron chi connectivity index (χ1n) is 4.42. The molecule has 0 aliphatic rings. The van der Waals surface area contributed by atoms with E-state index in [4.69, 9.17) is 4.42 Å². The Bertz CT molecular complexity index is 290. The molecule has 4 nitrogen and oxygen atoms in total. The van der Waals surface area contributed by atoms with Gasteiger partial charge in [-0.2, -0.15) is 0 Å². The van der Waals surface area contributed by atoms with Crippen LogP contribution < -0.4 is 5.32 Å². The van der Waals surface area contributed by atoms with Gasteiger partial charge in [0.2, 0.25) is 0 Å². The maximum atomic E-state index is 11.3. The second kappa shape index (κ2) is 4.28. The third kappa shape index (κ3) is 2.60. The Morgan fingerprint density at radius 3 is 2.86 bits per heavy atom. The first kappa shape index (κ1) is 10.8. The van der Waals surface area contributed by atoms with Gasteiger partial charge in [0.25, 0.3) is 0 Å². The first-order valence-corrected chi connectivity index (χ1v) is 4.42. The lowest BCUT2D eigenvalue weighted by Crippen LogP contribution is -2.46. The van der Waals surface area contributed by atoms with Crippen LogP contribution in [0.5, 0.6) is 0 Å². The maximum absolute atomic E-state index is 11.3. The van der Waals surface area contributed by atoms with E-state index in [0.29, 0.717) is 6.54 Å². The largest absolute Gasteiger partial charge is 0.468 e. The zero-order chi connectivity index (χ0) is 10.6. The molecule has 1 N–H and O–H groups in total. The smallest absolute Gasteiger partial charge is 0.325 e. The van der Waals surface area contributed by atoms with Crippen LogP contribution in [0.15, 0.2) is 22.8 Å². The van der Waals surface area contributed by atoms with Crippen LogP contribution in [0.2, 0.25) is 0 Å². The van der Waals surface area contributed by atoms with Gasteiger partial charge < -0.3 is 9.15 Å². The van der Waals surface area contributed by atoms with Gasteiger partial charge >= 0.3 is 5.97 Å². The van der Waals surface area contributed by atoms with Crippen molar-refractivity contribution in [1.82, 2.24) is 5.32 Å². The third-order valence-electron chi connectivity index (χ3n) is 1.98. The highest BCUT2D eigenvalue weighted by molar-refractivity contribution is 5.79. The van der Waals surface area contributed by atoms with Gasteiger partial charge in [-0.1, -0.05) is 0 Å². The van der Waals surface area contributed by atoms with Gasteiger partial charge in [-0.3, -0.25) is 10.1 Å². The summed E-state index contributed by atoms with van der Waals surface area (Å²) in [4.78, 5) is 11.3. The molecule has 0 amide bonds. The van der Waals surface area contributed by atoms with E-state index in [0.717, 1.165) is 5.76 Å². The molecule has 4 heteroatoms. The number of methoxy groups -OCH3 is 1. The summed E-state index contributed by atoms with van der Waals surface area (Å²) in [7, 11) is 1.37. The average molecular weight is 197 g/mol. The van der Waals surface area contributed by atoms with Crippen LogP contribution in [0.3, 0.4) is 0 Å². The summed E-state index contributed by atoms with van der Waals surface area (Å²) in [5, 5.41) is 3.04. The topological polar surface area (TPSA) is 51.5 Å². The van der Waals surface area contributed by atoms with Crippen molar-refractivity contribution in [2.24, 2.45) is 0 Å². The molecular formula is C10H15NO3. The van der Waals surface area contributed by atoms with Crippen molar-refractivity contribution in [3.05, 3.63) is 24.2 Å². The summed E-state index contributed by atoms with van der Waals surface area (Å²) in [5.41, 5.74) is -0.693. The van der Waals surface area contributed by atoms with E-state index in [1.807, 2.05) is 12.1 Å². The predicted octanol–water partition coefficient (Wildman–Crippen LogP) is 1.32. The lowest BCUT2D eigenvalue weighted by atomic mass is 10.1. The minimum absolute atomic E-state index is 0.288. The van der Waals surface area contributed by atoms with E-state index in [1.165, 1.54) is 7.11 Å². The Labute approximate surface area is 83.2 Å². The first-order chi connectivity index (χ1) is 6.56. The number of ether oxygens (including phenoxy) is 1. The van der Waals surface area contributed by atoms with Gasteiger partial charge in [0.15, 0.2) is 0 Å². The number of carbonyl (C=O) groups is 1. The fraction of sp³-hybridized carbons (Fsp3) is 0.500. The summed E-state index contributed by atoms with van der Waals surface area (Å²) in [6.45, 7) is 4.04. The molecule has 1 rings (SSSR count). The summed E-state index contributed by atoms with van der Waals surface area (Å²) in [6.07, 6.45) is 1.60. The standard InChI is InChI=1S/C10H15NO3/c1-10(2,9(12)13-3)11-7-8-5-4-6-14-8/h4-6,11H,7H2,1-3H3. The molecule has 1 heterocycles. The molecule has 0 aromatic carbocycles. The van der Waals surface area contributed by atoms with Crippen LogP contribution in [0, 0.1) is 0 Å². The van der Waals surface area contributed by atoms with Gasteiger partial charge in [0.1, 0.15) is 11.3 Å². The highest BCUT2D eigenvalue weighted by atomic mass is 16.5. The number of hydrogen-bond acceptors (Lipinski definition) is 4. The van der Waals surface area contributed by atoms with Crippen LogP contribution in [-0.2, 0) is 16.1 Å². The fourth-order valence-corrected chi connectivity index (χ4v) is 1.05. The van der Waals surface area contributed by atoms with Crippen molar-refractivity contribution in [2.75, 3.05) is 7.11 Å². The summed E-state index contributed by atoms with van der Waals surface area (Å²) in [5.74, 6) is 0.506. The Kier molecular flexibility index (Phi) is 3.30. The summed E-state index contributed by atoms with van der Waals surface area (Å²) in [6, 6.07) is 3.66. The minimum atomic E-state index is -0.693. The van der Waals surface area contributed by atoms with Crippen LogP contribution >= 0.6 is 0 Å². The van der Waals surface area contributed by atoms with E-state index in [2.05, 4.69) is 10.1 Å². The molecule has 0 aliphatic carbocycles. The van der Waals surface area contributed by atoms with Gasteiger partial charge in [-0.15, -0.1) is 0 Å². The molecule has 0 saturated carbocycles. The lowest BCUT2D eigenvalue weighted by Gasteiger charge is -2.22. The zero-order valence-corrected chi connectivity index (χ0v) is 8.66. The molecule has 0 bridgehead atoms. The molecule has 78 valence electrons. The molecule has 0 unspecified atom stereocenters. The second-order valence-electron chi connectivity index (χ2n) is 3.55. The Morgan fingerprint density at radius 2 is 2.36 bits per heavy atom. The average Bonchev–Trinajstić information content (AvgIpc) is 2.66. The van der Waals surface area contributed by atoms with Gasteiger partial charge in [0, 0.05) is 0 Å². The van der Waals surface area contributed by atoms with Crippen LogP contribution in [0.4, 0.5) is 0 Å². The number of carbonyl (C=O) groups excluding carboxylic acids is 1. The van der Waals surface area contributed by atoms with Gasteiger partial charge in [0.05, 0.1) is 19.9 Å². The highest BCUT2D eigenvalue weighted by Gasteiger charge is 2.27. The summed E-state index contributed by atoms with van der Waals surface area (Å²) >= 11 is 0. The van der Waals surface area contributed by atoms with Crippen LogP contribution in [0.25, 0.3) is 0 Å². The third-order valence-corrected chi connectivity index (χ3v) is 1.98. The van der Waals surface area contributed by atoms with Crippen molar-refractivity contribution in [2.45, 2.75) is 25.9 Å². The summed E-state index contributed by atoms with van der Waals surface area (Å²) < 4.78 is 9.78. The van der Waals surface area contributed by atoms with E-state index in [-0.39, 0.29) is 5.97 Å². The normalized spacial score (nSPS) is 11.4. The Hall–Kier alpha value is -1.29. The number of rotatable bonds is 4. The van der Waals surface area contributed by atoms with Gasteiger partial charge in [-0.05, 0) is 26.0 Å². The van der Waals surface area contributed by atoms with Crippen molar-refractivity contribution < 1.29 is 13.9 Å². The molecule has 1 aromatic rings. The molecule has 14 heavy (non-hydrogen) atoms. The zero-order valence-electron chi connectivity index (χ0n) is 8.66. The van der Waals surface area contributed by atoms with Crippen molar-refractivity contribution in [3.63, 3.8) is 0 Å². The monoisotopic (exact) mass is 197 g/mol. The fourth-order valence-electron chi connectivity index (χ4n) is 1.05. The molecule has 0 saturated heterocycles. The predicted molar refractivity (Wildman–Crippen MR) is 51.6 cm³/mol. The Morgan fingerprint density at radius 1 is 1.64 bits per heavy atom. The van der Waals surface area contributed by atoms with Crippen molar-refractivity contribution >= 4 is 5.97 Å². The molecule has 0 radical (unpaired) electrons. The lowest BCUT2D eigenvalue weighted by molar-refractivity contribution is -0.147. The van der Waals surface area contributed by atoms with E-state index >= 15 is 0 Å². The van der Waals surface area contributed by atoms with Crippen LogP contribution in [0.1, 0.15) is 19.6 Å². The minimum Gasteiger partial charge on any atom is -0.468 e. The van der Waals surface area contributed by atoms with Gasteiger partial charge in [-0.25, -0.2) is 0 Å². The molecule has 0 fully saturated rings. The Balaban J connectivity index is 2.48. The number of furan rings is 1. The van der Waals surface area contributed by atoms with E-state index in [1.54, 1.807) is 20.1 Å². The number of nitrogens with one attached hydrogen (secondary N) is 1. The van der Waals surface area contributed by atoms with E-state index < -0.39 is 5.54 Å². The SMILES string of the molecule is COC(=O)C(C)(C)NCc1ccco1. The second-order valence-corrected chi connectivity index (χ2v) is 3.55. The van der Waals surface area contributed by atoms with E-state index in [9.17, 15) is 4.79 Å². The molecule has 0 aliphatic heterocycles. The molecule has 0 atom stereocenters. The molecule has 0 spiro atoms. The highest BCUT2D eigenvalue weighted by Crippen LogP contribution is 2.07. The van der Waals surface area contributed by atoms with Crippen molar-refractivity contribution in [1.29, 1.82) is 0 Å². The number of hydrogen-bond donors (Lipinski definition) is 1. The van der Waals surface area contributed by atoms with Crippen LogP contribution in [-0.4, -0.2) is 18.6 Å². The maximum Gasteiger partial charge on any atom is 0.325 e. The molecular weight excluding hydrogens is 182 g/mol. The molecule has 1 aromatic heterocycles. The quantitative estimate of drug-likeness (QED) is 0.740. The number of esters is 1. The van der Waals surface area contributed by atoms with Crippen molar-refractivity contribution in [3.8, 4) is 0 Å².